The number of nitrogens with zero attached hydrogens (tertiary/aromatic N) is 1. The van der Waals surface area contributed by atoms with Crippen LogP contribution in [0.25, 0.3) is 0 Å². The van der Waals surface area contributed by atoms with Gasteiger partial charge in [0.2, 0.25) is 0 Å². The summed E-state index contributed by atoms with van der Waals surface area (Å²) in [5.74, 6) is 0.684. The molecule has 5 heteroatoms. The summed E-state index contributed by atoms with van der Waals surface area (Å²) in [4.78, 5) is 4.11. The molecule has 15 heavy (non-hydrogen) atoms. The third-order valence-corrected chi connectivity index (χ3v) is 3.17. The van der Waals surface area contributed by atoms with Gasteiger partial charge in [-0.1, -0.05) is 23.5 Å². The lowest BCUT2D eigenvalue weighted by molar-refractivity contribution is 0.281. The number of aliphatic hydroxyl groups is 1. The summed E-state index contributed by atoms with van der Waals surface area (Å²) in [7, 11) is 0. The Morgan fingerprint density at radius 3 is 3.00 bits per heavy atom. The number of benzene rings is 1. The maximum atomic E-state index is 8.96. The van der Waals surface area contributed by atoms with Crippen molar-refractivity contribution in [2.75, 3.05) is 0 Å². The van der Waals surface area contributed by atoms with Crippen LogP contribution < -0.4 is 4.74 Å². The van der Waals surface area contributed by atoms with Crippen molar-refractivity contribution >= 4 is 27.3 Å². The molecule has 2 aromatic rings. The minimum Gasteiger partial charge on any atom is -0.431 e. The van der Waals surface area contributed by atoms with Crippen LogP contribution >= 0.6 is 27.3 Å². The Balaban J connectivity index is 2.16. The van der Waals surface area contributed by atoms with Gasteiger partial charge in [-0.05, 0) is 33.6 Å². The summed E-state index contributed by atoms with van der Waals surface area (Å²) in [5.41, 5.74) is 0.822. The minimum absolute atomic E-state index is 0.0127. The van der Waals surface area contributed by atoms with Crippen LogP contribution in [0.1, 0.15) is 5.56 Å². The van der Waals surface area contributed by atoms with Crippen LogP contribution in [-0.2, 0) is 6.61 Å². The first kappa shape index (κ1) is 10.6. The Hall–Kier alpha value is -0.910. The van der Waals surface area contributed by atoms with Gasteiger partial charge in [0, 0.05) is 5.38 Å². The van der Waals surface area contributed by atoms with Gasteiger partial charge in [0.05, 0.1) is 6.61 Å². The smallest absolute Gasteiger partial charge is 0.279 e. The monoisotopic (exact) mass is 285 g/mol. The van der Waals surface area contributed by atoms with Crippen molar-refractivity contribution in [3.05, 3.63) is 39.8 Å². The zero-order valence-electron chi connectivity index (χ0n) is 7.68. The maximum absolute atomic E-state index is 8.96. The fourth-order valence-corrected chi connectivity index (χ4v) is 2.20. The highest BCUT2D eigenvalue weighted by Gasteiger charge is 2.02. The highest BCUT2D eigenvalue weighted by molar-refractivity contribution is 9.10. The van der Waals surface area contributed by atoms with Crippen LogP contribution in [0.15, 0.2) is 34.2 Å². The molecule has 0 bridgehead atoms. The molecule has 0 unspecified atom stereocenters. The average molecular weight is 286 g/mol. The number of hydrogen-bond acceptors (Lipinski definition) is 4. The molecule has 0 saturated heterocycles. The third kappa shape index (κ3) is 2.77. The number of thiazole rings is 1. The number of halogens is 1. The first-order chi connectivity index (χ1) is 7.28. The summed E-state index contributed by atoms with van der Waals surface area (Å²) in [6.07, 6.45) is 0. The Morgan fingerprint density at radius 1 is 1.47 bits per heavy atom. The maximum Gasteiger partial charge on any atom is 0.279 e. The predicted molar refractivity (Wildman–Crippen MR) is 62.3 cm³/mol. The predicted octanol–water partition coefficient (Wildman–Crippen LogP) is 3.19. The number of aromatic nitrogens is 1. The van der Waals surface area contributed by atoms with Crippen molar-refractivity contribution in [3.63, 3.8) is 0 Å². The summed E-state index contributed by atoms with van der Waals surface area (Å²) < 4.78 is 6.27. The molecule has 0 amide bonds. The normalized spacial score (nSPS) is 10.3. The molecule has 0 aliphatic rings. The fraction of sp³-hybridized carbons (Fsp3) is 0.100. The van der Waals surface area contributed by atoms with Gasteiger partial charge >= 0.3 is 0 Å². The largest absolute Gasteiger partial charge is 0.431 e. The molecule has 0 aliphatic heterocycles. The molecule has 0 radical (unpaired) electrons. The topological polar surface area (TPSA) is 42.4 Å². The second-order valence-electron chi connectivity index (χ2n) is 2.84. The molecule has 1 aromatic carbocycles. The lowest BCUT2D eigenvalue weighted by Gasteiger charge is -2.02. The van der Waals surface area contributed by atoms with E-state index in [-0.39, 0.29) is 6.61 Å². The van der Waals surface area contributed by atoms with E-state index in [4.69, 9.17) is 9.84 Å². The highest BCUT2D eigenvalue weighted by Crippen LogP contribution is 2.27. The van der Waals surface area contributed by atoms with Crippen LogP contribution in [0.5, 0.6) is 10.9 Å². The summed E-state index contributed by atoms with van der Waals surface area (Å²) in [6.45, 7) is 0.0127. The third-order valence-electron chi connectivity index (χ3n) is 1.74. The molecule has 2 rings (SSSR count). The van der Waals surface area contributed by atoms with E-state index >= 15 is 0 Å². The Morgan fingerprint density at radius 2 is 2.33 bits per heavy atom. The van der Waals surface area contributed by atoms with Crippen molar-refractivity contribution in [1.29, 1.82) is 0 Å². The second-order valence-corrected chi connectivity index (χ2v) is 4.48. The SMILES string of the molecule is OCc1cccc(Oc2nc(Br)cs2)c1. The molecular formula is C10H8BrNO2S. The van der Waals surface area contributed by atoms with E-state index in [0.717, 1.165) is 10.2 Å². The van der Waals surface area contributed by atoms with Crippen molar-refractivity contribution < 1.29 is 9.84 Å². The zero-order valence-corrected chi connectivity index (χ0v) is 10.1. The van der Waals surface area contributed by atoms with Crippen LogP contribution in [-0.4, -0.2) is 10.1 Å². The Kier molecular flexibility index (Phi) is 3.35. The van der Waals surface area contributed by atoms with Gasteiger partial charge < -0.3 is 9.84 Å². The molecule has 0 saturated carbocycles. The van der Waals surface area contributed by atoms with Gasteiger partial charge in [0.25, 0.3) is 5.19 Å². The van der Waals surface area contributed by atoms with Gasteiger partial charge in [-0.25, -0.2) is 0 Å². The molecule has 3 nitrogen and oxygen atoms in total. The van der Waals surface area contributed by atoms with Crippen LogP contribution in [0.4, 0.5) is 0 Å². The van der Waals surface area contributed by atoms with Crippen molar-refractivity contribution in [3.8, 4) is 10.9 Å². The minimum atomic E-state index is 0.0127. The van der Waals surface area contributed by atoms with E-state index in [1.165, 1.54) is 11.3 Å². The van der Waals surface area contributed by atoms with E-state index in [1.807, 2.05) is 23.6 Å². The summed E-state index contributed by atoms with van der Waals surface area (Å²) in [5, 5.41) is 11.4. The quantitative estimate of drug-likeness (QED) is 0.942. The molecule has 1 heterocycles. The fourth-order valence-electron chi connectivity index (χ4n) is 1.09. The van der Waals surface area contributed by atoms with E-state index in [2.05, 4.69) is 20.9 Å². The second kappa shape index (κ2) is 4.74. The van der Waals surface area contributed by atoms with Crippen LogP contribution in [0.2, 0.25) is 0 Å². The highest BCUT2D eigenvalue weighted by atomic mass is 79.9. The number of rotatable bonds is 3. The Bertz CT molecular complexity index is 458. The van der Waals surface area contributed by atoms with Crippen LogP contribution in [0.3, 0.4) is 0 Å². The van der Waals surface area contributed by atoms with E-state index in [0.29, 0.717) is 10.9 Å². The lowest BCUT2D eigenvalue weighted by Crippen LogP contribution is -1.86. The molecule has 0 fully saturated rings. The molecule has 78 valence electrons. The van der Waals surface area contributed by atoms with Gasteiger partial charge in [0.15, 0.2) is 0 Å². The lowest BCUT2D eigenvalue weighted by atomic mass is 10.2. The van der Waals surface area contributed by atoms with Gasteiger partial charge in [-0.2, -0.15) is 4.98 Å². The molecule has 1 aromatic heterocycles. The van der Waals surface area contributed by atoms with Gasteiger partial charge in [-0.3, -0.25) is 0 Å². The number of ether oxygens (including phenoxy) is 1. The number of hydrogen-bond donors (Lipinski definition) is 1. The molecular weight excluding hydrogens is 278 g/mol. The zero-order chi connectivity index (χ0) is 10.7. The number of aliphatic hydroxyl groups excluding tert-OH is 1. The first-order valence-electron chi connectivity index (χ1n) is 4.26. The van der Waals surface area contributed by atoms with E-state index < -0.39 is 0 Å². The standard InChI is InChI=1S/C10H8BrNO2S/c11-9-6-15-10(12-9)14-8-3-1-2-7(4-8)5-13/h1-4,6,13H,5H2. The van der Waals surface area contributed by atoms with Gasteiger partial charge in [0.1, 0.15) is 10.4 Å². The van der Waals surface area contributed by atoms with Crippen molar-refractivity contribution in [1.82, 2.24) is 4.98 Å². The molecule has 0 atom stereocenters. The molecule has 0 spiro atoms. The summed E-state index contributed by atoms with van der Waals surface area (Å²) in [6, 6.07) is 7.29. The van der Waals surface area contributed by atoms with Gasteiger partial charge in [-0.15, -0.1) is 0 Å². The van der Waals surface area contributed by atoms with Crippen molar-refractivity contribution in [2.45, 2.75) is 6.61 Å². The Labute approximate surface area is 99.5 Å². The molecule has 1 N–H and O–H groups in total. The van der Waals surface area contributed by atoms with Crippen molar-refractivity contribution in [2.24, 2.45) is 0 Å². The van der Waals surface area contributed by atoms with E-state index in [1.54, 1.807) is 6.07 Å². The molecule has 0 aliphatic carbocycles. The summed E-state index contributed by atoms with van der Waals surface area (Å²) >= 11 is 4.67. The first-order valence-corrected chi connectivity index (χ1v) is 5.94. The van der Waals surface area contributed by atoms with E-state index in [9.17, 15) is 0 Å². The average Bonchev–Trinajstić information content (AvgIpc) is 2.64. The van der Waals surface area contributed by atoms with Crippen LogP contribution in [0, 0.1) is 0 Å².